The molecule has 0 saturated carbocycles. The molecule has 0 aliphatic rings. The summed E-state index contributed by atoms with van der Waals surface area (Å²) in [6.45, 7) is 5.98. The van der Waals surface area contributed by atoms with Gasteiger partial charge in [0.05, 0.1) is 28.6 Å². The van der Waals surface area contributed by atoms with Crippen molar-refractivity contribution < 1.29 is 4.74 Å². The summed E-state index contributed by atoms with van der Waals surface area (Å²) in [5.74, 6) is 0.130. The average molecular weight is 463 g/mol. The van der Waals surface area contributed by atoms with Gasteiger partial charge in [-0.3, -0.25) is 9.97 Å². The Morgan fingerprint density at radius 3 is 2.43 bits per heavy atom. The van der Waals surface area contributed by atoms with Gasteiger partial charge in [-0.15, -0.1) is 5.10 Å². The van der Waals surface area contributed by atoms with E-state index >= 15 is 0 Å². The number of hydrogen-bond acceptors (Lipinski definition) is 8. The van der Waals surface area contributed by atoms with E-state index in [1.807, 2.05) is 69.3 Å². The maximum absolute atomic E-state index is 9.74. The van der Waals surface area contributed by atoms with E-state index in [0.29, 0.717) is 28.0 Å². The quantitative estimate of drug-likeness (QED) is 0.411. The number of fused-ring (bicyclic) bond motifs is 1. The molecule has 0 fully saturated rings. The molecule has 5 rings (SSSR count). The van der Waals surface area contributed by atoms with E-state index in [1.54, 1.807) is 6.07 Å². The maximum Gasteiger partial charge on any atom is 0.336 e. The van der Waals surface area contributed by atoms with E-state index in [-0.39, 0.29) is 18.6 Å². The van der Waals surface area contributed by atoms with Crippen molar-refractivity contribution >= 4 is 11.6 Å². The van der Waals surface area contributed by atoms with Gasteiger partial charge in [-0.2, -0.15) is 14.8 Å². The first-order valence-corrected chi connectivity index (χ1v) is 11.0. The number of rotatable bonds is 5. The zero-order chi connectivity index (χ0) is 24.5. The van der Waals surface area contributed by atoms with Crippen LogP contribution in [0.25, 0.3) is 28.0 Å². The molecule has 172 valence electrons. The third-order valence-corrected chi connectivity index (χ3v) is 5.46. The van der Waals surface area contributed by atoms with Gasteiger partial charge in [-0.05, 0) is 56.7 Å². The van der Waals surface area contributed by atoms with E-state index in [9.17, 15) is 5.26 Å². The summed E-state index contributed by atoms with van der Waals surface area (Å²) in [5, 5.41) is 14.2. The highest BCUT2D eigenvalue weighted by atomic mass is 16.5. The SMILES string of the molecule is Cc1cc(-c2c(-c3ccccc3C#N)nc(N)n3nc(OCc4cccc(C)n4)nc23)cc(C)n1. The molecule has 0 amide bonds. The summed E-state index contributed by atoms with van der Waals surface area (Å²) in [7, 11) is 0. The minimum atomic E-state index is 0.130. The van der Waals surface area contributed by atoms with Crippen molar-refractivity contribution in [3.8, 4) is 34.5 Å². The van der Waals surface area contributed by atoms with E-state index in [4.69, 9.17) is 10.5 Å². The van der Waals surface area contributed by atoms with Crippen molar-refractivity contribution in [1.82, 2.24) is 29.5 Å². The third kappa shape index (κ3) is 4.25. The predicted octanol–water partition coefficient (Wildman–Crippen LogP) is 4.21. The zero-order valence-corrected chi connectivity index (χ0v) is 19.5. The molecule has 9 nitrogen and oxygen atoms in total. The molecule has 5 aromatic rings. The average Bonchev–Trinajstić information content (AvgIpc) is 3.27. The number of hydrogen-bond donors (Lipinski definition) is 1. The van der Waals surface area contributed by atoms with Crippen LogP contribution in [0, 0.1) is 32.1 Å². The second kappa shape index (κ2) is 8.83. The van der Waals surface area contributed by atoms with Crippen LogP contribution in [0.15, 0.2) is 54.6 Å². The number of anilines is 1. The van der Waals surface area contributed by atoms with Gasteiger partial charge in [-0.1, -0.05) is 24.3 Å². The number of nitrogen functional groups attached to an aromatic ring is 1. The summed E-state index contributed by atoms with van der Waals surface area (Å²) in [4.78, 5) is 18.3. The Hall–Kier alpha value is -4.84. The van der Waals surface area contributed by atoms with Crippen molar-refractivity contribution in [2.45, 2.75) is 27.4 Å². The second-order valence-electron chi connectivity index (χ2n) is 8.18. The van der Waals surface area contributed by atoms with Gasteiger partial charge in [0, 0.05) is 22.6 Å². The molecule has 9 heteroatoms. The van der Waals surface area contributed by atoms with Crippen LogP contribution in [0.3, 0.4) is 0 Å². The van der Waals surface area contributed by atoms with Crippen LogP contribution in [-0.4, -0.2) is 29.5 Å². The number of aromatic nitrogens is 6. The lowest BCUT2D eigenvalue weighted by atomic mass is 9.96. The Kier molecular flexibility index (Phi) is 5.55. The van der Waals surface area contributed by atoms with Crippen LogP contribution < -0.4 is 10.5 Å². The van der Waals surface area contributed by atoms with Crippen LogP contribution in [0.1, 0.15) is 28.3 Å². The van der Waals surface area contributed by atoms with Gasteiger partial charge in [0.25, 0.3) is 0 Å². The number of benzene rings is 1. The highest BCUT2D eigenvalue weighted by Crippen LogP contribution is 2.37. The van der Waals surface area contributed by atoms with Crippen LogP contribution in [-0.2, 0) is 6.61 Å². The number of nitrogens with zero attached hydrogens (tertiary/aromatic N) is 7. The highest BCUT2D eigenvalue weighted by molar-refractivity contribution is 5.92. The Morgan fingerprint density at radius 1 is 0.914 bits per heavy atom. The summed E-state index contributed by atoms with van der Waals surface area (Å²) in [6, 6.07) is 19.3. The minimum Gasteiger partial charge on any atom is -0.456 e. The van der Waals surface area contributed by atoms with E-state index in [2.05, 4.69) is 31.1 Å². The summed E-state index contributed by atoms with van der Waals surface area (Å²) in [6.07, 6.45) is 0. The van der Waals surface area contributed by atoms with Gasteiger partial charge in [0.1, 0.15) is 6.61 Å². The Balaban J connectivity index is 1.71. The fourth-order valence-electron chi connectivity index (χ4n) is 4.04. The summed E-state index contributed by atoms with van der Waals surface area (Å²) in [5.41, 5.74) is 13.3. The number of nitrogens with two attached hydrogens (primary N) is 1. The molecule has 2 N–H and O–H groups in total. The number of pyridine rings is 2. The molecular weight excluding hydrogens is 440 g/mol. The standard InChI is InChI=1S/C26H22N8O/c1-15-7-6-9-20(30-15)14-35-26-32-24-22(19-11-16(2)29-17(3)12-19)23(31-25(28)34(24)33-26)21-10-5-4-8-18(21)13-27/h4-12H,14H2,1-3H3,(H2,28,31). The fourth-order valence-corrected chi connectivity index (χ4v) is 4.04. The molecule has 0 saturated heterocycles. The topological polar surface area (TPSA) is 128 Å². The monoisotopic (exact) mass is 462 g/mol. The second-order valence-corrected chi connectivity index (χ2v) is 8.18. The molecule has 0 aliphatic carbocycles. The van der Waals surface area contributed by atoms with Crippen molar-refractivity contribution in [2.75, 3.05) is 5.73 Å². The molecule has 35 heavy (non-hydrogen) atoms. The van der Waals surface area contributed by atoms with Crippen molar-refractivity contribution in [3.05, 3.63) is 82.9 Å². The van der Waals surface area contributed by atoms with Gasteiger partial charge in [0.2, 0.25) is 5.95 Å². The first-order chi connectivity index (χ1) is 16.9. The van der Waals surface area contributed by atoms with Gasteiger partial charge >= 0.3 is 6.01 Å². The molecule has 0 aliphatic heterocycles. The van der Waals surface area contributed by atoms with Gasteiger partial charge in [0.15, 0.2) is 5.65 Å². The normalized spacial score (nSPS) is 10.9. The number of ether oxygens (including phenoxy) is 1. The molecular formula is C26H22N8O. The third-order valence-electron chi connectivity index (χ3n) is 5.46. The van der Waals surface area contributed by atoms with Crippen LogP contribution in [0.2, 0.25) is 0 Å². The fraction of sp³-hybridized carbons (Fsp3) is 0.154. The predicted molar refractivity (Wildman–Crippen MR) is 131 cm³/mol. The minimum absolute atomic E-state index is 0.130. The van der Waals surface area contributed by atoms with Gasteiger partial charge < -0.3 is 10.5 Å². The van der Waals surface area contributed by atoms with E-state index in [1.165, 1.54) is 4.52 Å². The molecule has 4 heterocycles. The van der Waals surface area contributed by atoms with E-state index < -0.39 is 0 Å². The first kappa shape index (κ1) is 22.0. The molecule has 1 aromatic carbocycles. The maximum atomic E-state index is 9.74. The molecule has 0 unspecified atom stereocenters. The lowest BCUT2D eigenvalue weighted by Crippen LogP contribution is -2.06. The van der Waals surface area contributed by atoms with Crippen LogP contribution >= 0.6 is 0 Å². The van der Waals surface area contributed by atoms with Crippen molar-refractivity contribution in [3.63, 3.8) is 0 Å². The van der Waals surface area contributed by atoms with Crippen molar-refractivity contribution in [1.29, 1.82) is 5.26 Å². The number of aryl methyl sites for hydroxylation is 3. The summed E-state index contributed by atoms with van der Waals surface area (Å²) >= 11 is 0. The zero-order valence-electron chi connectivity index (χ0n) is 19.5. The van der Waals surface area contributed by atoms with Crippen LogP contribution in [0.4, 0.5) is 5.95 Å². The highest BCUT2D eigenvalue weighted by Gasteiger charge is 2.22. The van der Waals surface area contributed by atoms with Gasteiger partial charge in [-0.25, -0.2) is 4.98 Å². The largest absolute Gasteiger partial charge is 0.456 e. The molecule has 0 spiro atoms. The Labute approximate surface area is 201 Å². The van der Waals surface area contributed by atoms with Crippen molar-refractivity contribution in [2.24, 2.45) is 0 Å². The Morgan fingerprint density at radius 2 is 1.69 bits per heavy atom. The van der Waals surface area contributed by atoms with Crippen LogP contribution in [0.5, 0.6) is 6.01 Å². The van der Waals surface area contributed by atoms with E-state index in [0.717, 1.165) is 28.3 Å². The molecule has 0 radical (unpaired) electrons. The lowest BCUT2D eigenvalue weighted by Gasteiger charge is -2.13. The molecule has 0 bridgehead atoms. The molecule has 4 aromatic heterocycles. The molecule has 0 atom stereocenters. The number of nitriles is 1. The summed E-state index contributed by atoms with van der Waals surface area (Å²) < 4.78 is 7.32. The Bertz CT molecular complexity index is 1600. The first-order valence-electron chi connectivity index (χ1n) is 11.0. The smallest absolute Gasteiger partial charge is 0.336 e. The lowest BCUT2D eigenvalue weighted by molar-refractivity contribution is 0.277.